The predicted molar refractivity (Wildman–Crippen MR) is 92.7 cm³/mol. The molecule has 1 aromatic rings. The van der Waals surface area contributed by atoms with E-state index in [0.29, 0.717) is 12.0 Å². The molecule has 0 amide bonds. The van der Waals surface area contributed by atoms with Crippen molar-refractivity contribution >= 4 is 0 Å². The molecule has 0 aromatic heterocycles. The third kappa shape index (κ3) is 4.57. The minimum Gasteiger partial charge on any atom is -0.313 e. The molecule has 1 aliphatic carbocycles. The van der Waals surface area contributed by atoms with Crippen LogP contribution in [-0.4, -0.2) is 12.6 Å². The van der Waals surface area contributed by atoms with Crippen LogP contribution in [0, 0.1) is 11.8 Å². The van der Waals surface area contributed by atoms with Crippen LogP contribution in [0.4, 0.5) is 0 Å². The number of benzene rings is 1. The van der Waals surface area contributed by atoms with Crippen molar-refractivity contribution < 1.29 is 0 Å². The van der Waals surface area contributed by atoms with E-state index in [1.165, 1.54) is 44.1 Å². The van der Waals surface area contributed by atoms with Crippen molar-refractivity contribution in [3.8, 4) is 0 Å². The smallest absolute Gasteiger partial charge is 0.0164 e. The normalized spacial score (nSPS) is 25.5. The summed E-state index contributed by atoms with van der Waals surface area (Å²) in [6.07, 6.45) is 8.13. The lowest BCUT2D eigenvalue weighted by Crippen LogP contribution is -2.43. The van der Waals surface area contributed by atoms with Crippen molar-refractivity contribution in [2.75, 3.05) is 6.54 Å². The second kappa shape index (κ2) is 8.58. The van der Waals surface area contributed by atoms with Gasteiger partial charge in [0.2, 0.25) is 0 Å². The highest BCUT2D eigenvalue weighted by Gasteiger charge is 2.31. The first-order valence-corrected chi connectivity index (χ1v) is 9.04. The summed E-state index contributed by atoms with van der Waals surface area (Å²) in [6, 6.07) is 11.8. The van der Waals surface area contributed by atoms with E-state index in [1.807, 2.05) is 0 Å². The Hall–Kier alpha value is -0.820. The molecular weight excluding hydrogens is 254 g/mol. The van der Waals surface area contributed by atoms with Crippen LogP contribution in [-0.2, 0) is 0 Å². The van der Waals surface area contributed by atoms with Gasteiger partial charge in [0.1, 0.15) is 0 Å². The second-order valence-corrected chi connectivity index (χ2v) is 6.94. The molecule has 0 spiro atoms. The van der Waals surface area contributed by atoms with Gasteiger partial charge in [-0.2, -0.15) is 0 Å². The summed E-state index contributed by atoms with van der Waals surface area (Å²) in [5, 5.41) is 3.91. The summed E-state index contributed by atoms with van der Waals surface area (Å²) in [6.45, 7) is 8.22. The Kier molecular flexibility index (Phi) is 6.76. The van der Waals surface area contributed by atoms with Crippen LogP contribution in [0.3, 0.4) is 0 Å². The van der Waals surface area contributed by atoms with E-state index in [2.05, 4.69) is 56.4 Å². The first-order valence-electron chi connectivity index (χ1n) is 9.04. The van der Waals surface area contributed by atoms with Crippen LogP contribution in [0.2, 0.25) is 0 Å². The van der Waals surface area contributed by atoms with Crippen LogP contribution in [0.25, 0.3) is 0 Å². The summed E-state index contributed by atoms with van der Waals surface area (Å²) in [5.74, 6) is 2.42. The first kappa shape index (κ1) is 16.5. The highest BCUT2D eigenvalue weighted by atomic mass is 14.9. The molecule has 1 aromatic carbocycles. The number of hydrogen-bond acceptors (Lipinski definition) is 1. The third-order valence-corrected chi connectivity index (χ3v) is 5.22. The van der Waals surface area contributed by atoms with Gasteiger partial charge in [-0.1, -0.05) is 63.9 Å². The summed E-state index contributed by atoms with van der Waals surface area (Å²) < 4.78 is 0. The Morgan fingerprint density at radius 3 is 2.52 bits per heavy atom. The zero-order valence-corrected chi connectivity index (χ0v) is 14.1. The minimum atomic E-state index is 0.653. The standard InChI is InChI=1S/C20H33N/c1-4-14-21-20(18-13-9-10-16(3)15-18)19(5-2)17-11-7-6-8-12-17/h6-8,11-12,16,18-21H,4-5,9-10,13-15H2,1-3H3. The van der Waals surface area contributed by atoms with Crippen molar-refractivity contribution in [2.45, 2.75) is 71.3 Å². The lowest BCUT2D eigenvalue weighted by Gasteiger charge is -2.38. The lowest BCUT2D eigenvalue weighted by atomic mass is 9.72. The van der Waals surface area contributed by atoms with Gasteiger partial charge in [-0.05, 0) is 55.5 Å². The second-order valence-electron chi connectivity index (χ2n) is 6.94. The Labute approximate surface area is 131 Å². The largest absolute Gasteiger partial charge is 0.313 e. The summed E-state index contributed by atoms with van der Waals surface area (Å²) in [5.41, 5.74) is 1.52. The highest BCUT2D eigenvalue weighted by molar-refractivity contribution is 5.21. The maximum atomic E-state index is 3.91. The minimum absolute atomic E-state index is 0.653. The van der Waals surface area contributed by atoms with E-state index < -0.39 is 0 Å². The predicted octanol–water partition coefficient (Wildman–Crippen LogP) is 5.37. The fourth-order valence-corrected chi connectivity index (χ4v) is 4.15. The molecule has 0 aliphatic heterocycles. The zero-order chi connectivity index (χ0) is 15.1. The summed E-state index contributed by atoms with van der Waals surface area (Å²) in [4.78, 5) is 0. The molecule has 0 bridgehead atoms. The molecule has 118 valence electrons. The van der Waals surface area contributed by atoms with Crippen LogP contribution in [0.5, 0.6) is 0 Å². The molecule has 1 heteroatoms. The average molecular weight is 287 g/mol. The number of hydrogen-bond donors (Lipinski definition) is 1. The van der Waals surface area contributed by atoms with Crippen molar-refractivity contribution in [3.63, 3.8) is 0 Å². The molecule has 1 nitrogen and oxygen atoms in total. The molecule has 0 heterocycles. The summed E-state index contributed by atoms with van der Waals surface area (Å²) >= 11 is 0. The van der Waals surface area contributed by atoms with Gasteiger partial charge in [0.15, 0.2) is 0 Å². The van der Waals surface area contributed by atoms with Gasteiger partial charge in [0, 0.05) is 6.04 Å². The van der Waals surface area contributed by atoms with Crippen molar-refractivity contribution in [1.29, 1.82) is 0 Å². The van der Waals surface area contributed by atoms with E-state index in [4.69, 9.17) is 0 Å². The molecule has 0 saturated heterocycles. The van der Waals surface area contributed by atoms with Gasteiger partial charge in [-0.15, -0.1) is 0 Å². The fraction of sp³-hybridized carbons (Fsp3) is 0.700. The van der Waals surface area contributed by atoms with Crippen LogP contribution in [0.1, 0.15) is 70.8 Å². The van der Waals surface area contributed by atoms with Gasteiger partial charge < -0.3 is 5.32 Å². The Bertz CT molecular complexity index is 386. The van der Waals surface area contributed by atoms with Crippen LogP contribution in [0.15, 0.2) is 30.3 Å². The van der Waals surface area contributed by atoms with Crippen molar-refractivity contribution in [1.82, 2.24) is 5.32 Å². The topological polar surface area (TPSA) is 12.0 Å². The van der Waals surface area contributed by atoms with Gasteiger partial charge in [-0.25, -0.2) is 0 Å². The molecule has 21 heavy (non-hydrogen) atoms. The Morgan fingerprint density at radius 1 is 1.14 bits per heavy atom. The third-order valence-electron chi connectivity index (χ3n) is 5.22. The summed E-state index contributed by atoms with van der Waals surface area (Å²) in [7, 11) is 0. The van der Waals surface area contributed by atoms with E-state index in [-0.39, 0.29) is 0 Å². The van der Waals surface area contributed by atoms with Crippen molar-refractivity contribution in [3.05, 3.63) is 35.9 Å². The first-order chi connectivity index (χ1) is 10.3. The zero-order valence-electron chi connectivity index (χ0n) is 14.1. The molecule has 0 radical (unpaired) electrons. The monoisotopic (exact) mass is 287 g/mol. The van der Waals surface area contributed by atoms with Gasteiger partial charge >= 0.3 is 0 Å². The maximum Gasteiger partial charge on any atom is 0.0164 e. The molecule has 4 unspecified atom stereocenters. The molecule has 1 N–H and O–H groups in total. The van der Waals surface area contributed by atoms with Crippen LogP contribution < -0.4 is 5.32 Å². The highest BCUT2D eigenvalue weighted by Crippen LogP contribution is 2.37. The molecule has 1 aliphatic rings. The molecule has 1 saturated carbocycles. The van der Waals surface area contributed by atoms with Crippen molar-refractivity contribution in [2.24, 2.45) is 11.8 Å². The Morgan fingerprint density at radius 2 is 1.90 bits per heavy atom. The average Bonchev–Trinajstić information content (AvgIpc) is 2.52. The Balaban J connectivity index is 2.16. The molecule has 4 atom stereocenters. The fourth-order valence-electron chi connectivity index (χ4n) is 4.15. The SMILES string of the molecule is CCCNC(C1CCCC(C)C1)C(CC)c1ccccc1. The quantitative estimate of drug-likeness (QED) is 0.710. The molecule has 1 fully saturated rings. The van der Waals surface area contributed by atoms with E-state index >= 15 is 0 Å². The lowest BCUT2D eigenvalue weighted by molar-refractivity contribution is 0.199. The van der Waals surface area contributed by atoms with Gasteiger partial charge in [-0.3, -0.25) is 0 Å². The molecular formula is C20H33N. The van der Waals surface area contributed by atoms with Crippen LogP contribution >= 0.6 is 0 Å². The maximum absolute atomic E-state index is 3.91. The van der Waals surface area contributed by atoms with E-state index in [1.54, 1.807) is 0 Å². The number of rotatable bonds is 7. The van der Waals surface area contributed by atoms with Gasteiger partial charge in [0.25, 0.3) is 0 Å². The molecule has 2 rings (SSSR count). The number of nitrogens with one attached hydrogen (secondary N) is 1. The van der Waals surface area contributed by atoms with E-state index in [0.717, 1.165) is 18.4 Å². The van der Waals surface area contributed by atoms with E-state index in [9.17, 15) is 0 Å². The van der Waals surface area contributed by atoms with Gasteiger partial charge in [0.05, 0.1) is 0 Å².